The summed E-state index contributed by atoms with van der Waals surface area (Å²) in [6.45, 7) is 8.42. The number of likely N-dealkylation sites (tertiary alicyclic amines) is 2. The van der Waals surface area contributed by atoms with Crippen molar-refractivity contribution in [3.05, 3.63) is 66.4 Å². The lowest BCUT2D eigenvalue weighted by Crippen LogP contribution is -2.63. The normalized spacial score (nSPS) is 23.5. The van der Waals surface area contributed by atoms with E-state index >= 15 is 0 Å². The van der Waals surface area contributed by atoms with Crippen molar-refractivity contribution in [2.75, 3.05) is 75.8 Å². The van der Waals surface area contributed by atoms with E-state index in [0.717, 1.165) is 69.9 Å². The zero-order valence-corrected chi connectivity index (χ0v) is 30.7. The second-order valence-electron chi connectivity index (χ2n) is 16.0. The van der Waals surface area contributed by atoms with Crippen molar-refractivity contribution in [1.82, 2.24) is 25.3 Å². The molecule has 5 aliphatic rings. The van der Waals surface area contributed by atoms with Crippen LogP contribution >= 0.6 is 0 Å². The number of ether oxygens (including phenoxy) is 1. The third kappa shape index (κ3) is 7.23. The summed E-state index contributed by atoms with van der Waals surface area (Å²) in [6.07, 6.45) is 8.38. The molecule has 1 aromatic heterocycles. The van der Waals surface area contributed by atoms with E-state index in [9.17, 15) is 19.5 Å². The van der Waals surface area contributed by atoms with E-state index in [1.807, 2.05) is 18.2 Å². The minimum atomic E-state index is -0.807. The van der Waals surface area contributed by atoms with Crippen LogP contribution < -0.4 is 15.1 Å². The molecule has 0 unspecified atom stereocenters. The van der Waals surface area contributed by atoms with Crippen LogP contribution in [-0.2, 0) is 19.1 Å². The Bertz CT molecular complexity index is 1800. The maximum Gasteiger partial charge on any atom is 0.254 e. The summed E-state index contributed by atoms with van der Waals surface area (Å²) in [7, 11) is 1.68. The molecule has 0 aliphatic carbocycles. The van der Waals surface area contributed by atoms with E-state index in [4.69, 9.17) is 4.74 Å². The van der Waals surface area contributed by atoms with Gasteiger partial charge in [-0.3, -0.25) is 19.7 Å². The SMILES string of the molecule is COC1(C(=O)N2CCC3(CC2)CN(CC2CCN(c4ccc([C@H]5CCC(=O)NC5=O)cc4)CC2)C3)CCN(c2cnnc(-c3ccccc3O)c2)CC1. The van der Waals surface area contributed by atoms with Gasteiger partial charge in [0.25, 0.3) is 5.91 Å². The molecule has 12 nitrogen and oxygen atoms in total. The molecule has 5 fully saturated rings. The molecule has 5 saturated heterocycles. The van der Waals surface area contributed by atoms with Crippen LogP contribution in [0.2, 0.25) is 0 Å². The summed E-state index contributed by atoms with van der Waals surface area (Å²) < 4.78 is 6.04. The van der Waals surface area contributed by atoms with E-state index in [1.165, 1.54) is 18.5 Å². The summed E-state index contributed by atoms with van der Waals surface area (Å²) in [4.78, 5) is 47.2. The maximum atomic E-state index is 14.0. The van der Waals surface area contributed by atoms with Crippen LogP contribution in [0.4, 0.5) is 11.4 Å². The molecule has 2 N–H and O–H groups in total. The summed E-state index contributed by atoms with van der Waals surface area (Å²) in [5.74, 6) is 0.396. The van der Waals surface area contributed by atoms with Gasteiger partial charge in [-0.05, 0) is 79.3 Å². The third-order valence-electron chi connectivity index (χ3n) is 12.8. The molecule has 1 spiro atoms. The molecule has 5 aliphatic heterocycles. The van der Waals surface area contributed by atoms with Gasteiger partial charge in [0.2, 0.25) is 11.8 Å². The number of nitrogens with one attached hydrogen (secondary N) is 1. The number of phenols is 1. The van der Waals surface area contributed by atoms with Gasteiger partial charge in [-0.1, -0.05) is 24.3 Å². The number of phenolic OH excluding ortho intramolecular Hbond substituents is 1. The monoisotopic (exact) mass is 721 g/mol. The van der Waals surface area contributed by atoms with Crippen molar-refractivity contribution in [2.45, 2.75) is 62.9 Å². The molecule has 53 heavy (non-hydrogen) atoms. The first kappa shape index (κ1) is 35.5. The minimum absolute atomic E-state index is 0.130. The second-order valence-corrected chi connectivity index (χ2v) is 16.0. The van der Waals surface area contributed by atoms with Gasteiger partial charge < -0.3 is 29.4 Å². The number of hydrogen-bond donors (Lipinski definition) is 2. The number of benzene rings is 2. The molecule has 3 aromatic rings. The molecule has 0 radical (unpaired) electrons. The number of rotatable bonds is 8. The number of para-hydroxylation sites is 1. The second kappa shape index (κ2) is 14.7. The topological polar surface area (TPSA) is 131 Å². The Morgan fingerprint density at radius 3 is 2.26 bits per heavy atom. The smallest absolute Gasteiger partial charge is 0.254 e. The van der Waals surface area contributed by atoms with Gasteiger partial charge in [-0.15, -0.1) is 0 Å². The fraction of sp³-hybridized carbons (Fsp3) is 0.537. The summed E-state index contributed by atoms with van der Waals surface area (Å²) >= 11 is 0. The number of anilines is 2. The van der Waals surface area contributed by atoms with Crippen LogP contribution in [0.1, 0.15) is 62.8 Å². The van der Waals surface area contributed by atoms with E-state index in [0.29, 0.717) is 61.4 Å². The van der Waals surface area contributed by atoms with Crippen molar-refractivity contribution in [3.63, 3.8) is 0 Å². The van der Waals surface area contributed by atoms with E-state index in [-0.39, 0.29) is 29.4 Å². The van der Waals surface area contributed by atoms with Crippen LogP contribution in [-0.4, -0.2) is 114 Å². The van der Waals surface area contributed by atoms with Crippen LogP contribution in [0.5, 0.6) is 5.75 Å². The number of piperidine rings is 4. The first-order valence-corrected chi connectivity index (χ1v) is 19.3. The predicted molar refractivity (Wildman–Crippen MR) is 202 cm³/mol. The zero-order valence-electron chi connectivity index (χ0n) is 30.7. The summed E-state index contributed by atoms with van der Waals surface area (Å²) in [5.41, 5.74) is 3.89. The van der Waals surface area contributed by atoms with Gasteiger partial charge in [-0.25, -0.2) is 0 Å². The standard InChI is InChI=1S/C41H51N7O5/c1-53-41(16-22-47(23-17-41)32-24-35(44-42-25-32)34-4-2-3-5-36(34)49)39(52)48-20-14-40(15-21-48)27-45(28-40)26-29-12-18-46(19-13-29)31-8-6-30(7-9-31)33-10-11-37(50)43-38(33)51/h2-9,24-25,29,33,49H,10-23,26-28H2,1H3,(H,43,50,51)/t33-/m1/s1. The molecule has 8 rings (SSSR count). The Labute approximate surface area is 311 Å². The Morgan fingerprint density at radius 1 is 0.887 bits per heavy atom. The molecule has 280 valence electrons. The molecule has 2 aromatic carbocycles. The lowest BCUT2D eigenvalue weighted by Gasteiger charge is -2.55. The summed E-state index contributed by atoms with van der Waals surface area (Å²) in [6, 6.07) is 17.4. The van der Waals surface area contributed by atoms with E-state index in [1.54, 1.807) is 25.4 Å². The highest BCUT2D eigenvalue weighted by Gasteiger charge is 2.49. The molecular formula is C41H51N7O5. The number of aromatic hydroxyl groups is 1. The fourth-order valence-electron chi connectivity index (χ4n) is 9.47. The predicted octanol–water partition coefficient (Wildman–Crippen LogP) is 4.20. The lowest BCUT2D eigenvalue weighted by molar-refractivity contribution is -0.162. The van der Waals surface area contributed by atoms with Crippen LogP contribution in [0.3, 0.4) is 0 Å². The Balaban J connectivity index is 0.773. The van der Waals surface area contributed by atoms with Crippen molar-refractivity contribution >= 4 is 29.1 Å². The zero-order chi connectivity index (χ0) is 36.6. The number of hydrogen-bond acceptors (Lipinski definition) is 10. The largest absolute Gasteiger partial charge is 0.507 e. The number of methoxy groups -OCH3 is 1. The van der Waals surface area contributed by atoms with Gasteiger partial charge in [-0.2, -0.15) is 10.2 Å². The summed E-state index contributed by atoms with van der Waals surface area (Å²) in [5, 5.41) is 21.2. The van der Waals surface area contributed by atoms with Gasteiger partial charge in [0.15, 0.2) is 0 Å². The molecule has 0 saturated carbocycles. The third-order valence-corrected chi connectivity index (χ3v) is 12.8. The molecule has 3 amide bonds. The average Bonchev–Trinajstić information content (AvgIpc) is 3.18. The van der Waals surface area contributed by atoms with Gasteiger partial charge in [0.05, 0.1) is 23.5 Å². The molecular weight excluding hydrogens is 670 g/mol. The number of amides is 3. The number of aromatic nitrogens is 2. The first-order valence-electron chi connectivity index (χ1n) is 19.3. The minimum Gasteiger partial charge on any atom is -0.507 e. The van der Waals surface area contributed by atoms with Crippen molar-refractivity contribution in [3.8, 4) is 17.0 Å². The highest BCUT2D eigenvalue weighted by atomic mass is 16.5. The van der Waals surface area contributed by atoms with Crippen LogP contribution in [0.15, 0.2) is 60.8 Å². The van der Waals surface area contributed by atoms with Crippen molar-refractivity contribution in [1.29, 1.82) is 0 Å². The maximum absolute atomic E-state index is 14.0. The van der Waals surface area contributed by atoms with Crippen LogP contribution in [0, 0.1) is 11.3 Å². The van der Waals surface area contributed by atoms with E-state index < -0.39 is 5.60 Å². The molecule has 1 atom stereocenters. The Kier molecular flexibility index (Phi) is 9.84. The fourth-order valence-corrected chi connectivity index (χ4v) is 9.47. The molecule has 6 heterocycles. The van der Waals surface area contributed by atoms with Crippen molar-refractivity contribution in [2.24, 2.45) is 11.3 Å². The lowest BCUT2D eigenvalue weighted by atomic mass is 9.71. The quantitative estimate of drug-likeness (QED) is 0.327. The van der Waals surface area contributed by atoms with Crippen LogP contribution in [0.25, 0.3) is 11.3 Å². The van der Waals surface area contributed by atoms with Gasteiger partial charge >= 0.3 is 0 Å². The van der Waals surface area contributed by atoms with E-state index in [2.05, 4.69) is 59.4 Å². The highest BCUT2D eigenvalue weighted by Crippen LogP contribution is 2.43. The first-order chi connectivity index (χ1) is 25.7. The molecule has 12 heteroatoms. The highest BCUT2D eigenvalue weighted by molar-refractivity contribution is 6.01. The molecule has 0 bridgehead atoms. The van der Waals surface area contributed by atoms with Gasteiger partial charge in [0, 0.05) is 96.5 Å². The number of carbonyl (C=O) groups is 3. The Morgan fingerprint density at radius 2 is 1.58 bits per heavy atom. The number of imide groups is 1. The number of carbonyl (C=O) groups excluding carboxylic acids is 3. The average molecular weight is 722 g/mol. The number of nitrogens with zero attached hydrogens (tertiary/aromatic N) is 6. The van der Waals surface area contributed by atoms with Gasteiger partial charge in [0.1, 0.15) is 11.4 Å². The van der Waals surface area contributed by atoms with Crippen molar-refractivity contribution < 1.29 is 24.2 Å². The Hall–Kier alpha value is -4.55.